The maximum Gasteiger partial charge on any atom is 0.0180 e. The number of hydrogen-bond acceptors (Lipinski definition) is 2. The van der Waals surface area contributed by atoms with Gasteiger partial charge in [0.1, 0.15) is 0 Å². The van der Waals surface area contributed by atoms with Gasteiger partial charge in [-0.2, -0.15) is 0 Å². The van der Waals surface area contributed by atoms with Crippen molar-refractivity contribution in [3.8, 4) is 0 Å². The third-order valence-corrected chi connectivity index (χ3v) is 3.84. The SMILES string of the molecule is CC(CNCCc1ccccc1CN)C(C)(C)C. The van der Waals surface area contributed by atoms with E-state index in [9.17, 15) is 0 Å². The molecule has 0 fully saturated rings. The van der Waals surface area contributed by atoms with Gasteiger partial charge < -0.3 is 11.1 Å². The van der Waals surface area contributed by atoms with E-state index in [2.05, 4.69) is 57.3 Å². The molecule has 0 spiro atoms. The van der Waals surface area contributed by atoms with Crippen LogP contribution in [0.1, 0.15) is 38.8 Å². The number of benzene rings is 1. The maximum atomic E-state index is 5.74. The Labute approximate surface area is 112 Å². The molecule has 1 rings (SSSR count). The van der Waals surface area contributed by atoms with Gasteiger partial charge in [0.05, 0.1) is 0 Å². The van der Waals surface area contributed by atoms with Gasteiger partial charge in [0.25, 0.3) is 0 Å². The van der Waals surface area contributed by atoms with Crippen LogP contribution in [-0.4, -0.2) is 13.1 Å². The zero-order chi connectivity index (χ0) is 13.6. The molecule has 1 unspecified atom stereocenters. The monoisotopic (exact) mass is 248 g/mol. The molecule has 0 aliphatic rings. The molecule has 1 aromatic carbocycles. The number of rotatable bonds is 6. The lowest BCUT2D eigenvalue weighted by molar-refractivity contribution is 0.253. The molecule has 1 aromatic rings. The molecule has 0 aromatic heterocycles. The van der Waals surface area contributed by atoms with E-state index in [4.69, 9.17) is 5.73 Å². The van der Waals surface area contributed by atoms with Crippen molar-refractivity contribution in [3.05, 3.63) is 35.4 Å². The summed E-state index contributed by atoms with van der Waals surface area (Å²) in [5.41, 5.74) is 8.75. The molecule has 1 atom stereocenters. The van der Waals surface area contributed by atoms with E-state index in [1.807, 2.05) is 0 Å². The average molecular weight is 248 g/mol. The first kappa shape index (κ1) is 15.2. The molecule has 0 aliphatic heterocycles. The van der Waals surface area contributed by atoms with Crippen LogP contribution < -0.4 is 11.1 Å². The van der Waals surface area contributed by atoms with E-state index in [0.29, 0.717) is 17.9 Å². The first-order chi connectivity index (χ1) is 8.45. The Kier molecular flexibility index (Phi) is 5.83. The average Bonchev–Trinajstić information content (AvgIpc) is 2.33. The minimum atomic E-state index is 0.377. The highest BCUT2D eigenvalue weighted by atomic mass is 14.9. The Hall–Kier alpha value is -0.860. The van der Waals surface area contributed by atoms with Gasteiger partial charge in [0.2, 0.25) is 0 Å². The third kappa shape index (κ3) is 4.79. The van der Waals surface area contributed by atoms with Gasteiger partial charge in [-0.05, 0) is 42.0 Å². The normalized spacial score (nSPS) is 13.6. The van der Waals surface area contributed by atoms with E-state index in [1.165, 1.54) is 11.1 Å². The summed E-state index contributed by atoms with van der Waals surface area (Å²) in [6.45, 7) is 11.9. The first-order valence-electron chi connectivity index (χ1n) is 6.92. The first-order valence-corrected chi connectivity index (χ1v) is 6.92. The molecular weight excluding hydrogens is 220 g/mol. The number of nitrogens with two attached hydrogens (primary N) is 1. The summed E-state index contributed by atoms with van der Waals surface area (Å²) in [6, 6.07) is 8.44. The van der Waals surface area contributed by atoms with Crippen LogP contribution in [0.25, 0.3) is 0 Å². The Morgan fingerprint density at radius 1 is 1.17 bits per heavy atom. The molecule has 0 aliphatic carbocycles. The molecule has 0 amide bonds. The van der Waals surface area contributed by atoms with Crippen LogP contribution in [0.5, 0.6) is 0 Å². The fraction of sp³-hybridized carbons (Fsp3) is 0.625. The second-order valence-corrected chi connectivity index (χ2v) is 6.19. The summed E-state index contributed by atoms with van der Waals surface area (Å²) < 4.78 is 0. The lowest BCUT2D eigenvalue weighted by Crippen LogP contribution is -2.31. The molecule has 3 N–H and O–H groups in total. The maximum absolute atomic E-state index is 5.74. The molecule has 18 heavy (non-hydrogen) atoms. The highest BCUT2D eigenvalue weighted by Crippen LogP contribution is 2.24. The summed E-state index contributed by atoms with van der Waals surface area (Å²) in [6.07, 6.45) is 1.06. The standard InChI is InChI=1S/C16H28N2/c1-13(16(2,3)4)12-18-10-9-14-7-5-6-8-15(14)11-17/h5-8,13,18H,9-12,17H2,1-4H3. The van der Waals surface area contributed by atoms with Crippen LogP contribution in [0.4, 0.5) is 0 Å². The van der Waals surface area contributed by atoms with Crippen molar-refractivity contribution in [2.24, 2.45) is 17.1 Å². The molecule has 0 heterocycles. The van der Waals surface area contributed by atoms with Gasteiger partial charge in [0.15, 0.2) is 0 Å². The lowest BCUT2D eigenvalue weighted by Gasteiger charge is -2.27. The molecule has 0 saturated heterocycles. The largest absolute Gasteiger partial charge is 0.326 e. The van der Waals surface area contributed by atoms with Crippen LogP contribution >= 0.6 is 0 Å². The highest BCUT2D eigenvalue weighted by Gasteiger charge is 2.18. The fourth-order valence-electron chi connectivity index (χ4n) is 1.85. The van der Waals surface area contributed by atoms with Crippen LogP contribution in [0, 0.1) is 11.3 Å². The van der Waals surface area contributed by atoms with E-state index in [0.717, 1.165) is 19.5 Å². The van der Waals surface area contributed by atoms with Gasteiger partial charge in [-0.3, -0.25) is 0 Å². The van der Waals surface area contributed by atoms with E-state index in [-0.39, 0.29) is 0 Å². The number of nitrogens with one attached hydrogen (secondary N) is 1. The van der Waals surface area contributed by atoms with Crippen molar-refractivity contribution < 1.29 is 0 Å². The minimum Gasteiger partial charge on any atom is -0.326 e. The highest BCUT2D eigenvalue weighted by molar-refractivity contribution is 5.27. The Morgan fingerprint density at radius 2 is 1.78 bits per heavy atom. The predicted molar refractivity (Wildman–Crippen MR) is 79.5 cm³/mol. The topological polar surface area (TPSA) is 38.0 Å². The third-order valence-electron chi connectivity index (χ3n) is 3.84. The fourth-order valence-corrected chi connectivity index (χ4v) is 1.85. The zero-order valence-corrected chi connectivity index (χ0v) is 12.3. The summed E-state index contributed by atoms with van der Waals surface area (Å²) in [4.78, 5) is 0. The van der Waals surface area contributed by atoms with Crippen LogP contribution in [-0.2, 0) is 13.0 Å². The van der Waals surface area contributed by atoms with Crippen molar-refractivity contribution in [3.63, 3.8) is 0 Å². The van der Waals surface area contributed by atoms with Crippen molar-refractivity contribution >= 4 is 0 Å². The molecule has 0 saturated carbocycles. The minimum absolute atomic E-state index is 0.377. The molecule has 102 valence electrons. The van der Waals surface area contributed by atoms with Crippen LogP contribution in [0.15, 0.2) is 24.3 Å². The van der Waals surface area contributed by atoms with Crippen molar-refractivity contribution in [1.29, 1.82) is 0 Å². The van der Waals surface area contributed by atoms with E-state index in [1.54, 1.807) is 0 Å². The van der Waals surface area contributed by atoms with Gasteiger partial charge in [0, 0.05) is 6.54 Å². The second kappa shape index (κ2) is 6.91. The summed E-state index contributed by atoms with van der Waals surface area (Å²) in [5.74, 6) is 0.683. The summed E-state index contributed by atoms with van der Waals surface area (Å²) in [5, 5.41) is 3.55. The smallest absolute Gasteiger partial charge is 0.0180 e. The van der Waals surface area contributed by atoms with Gasteiger partial charge in [-0.1, -0.05) is 52.0 Å². The molecule has 0 bridgehead atoms. The van der Waals surface area contributed by atoms with Crippen LogP contribution in [0.3, 0.4) is 0 Å². The molecular formula is C16H28N2. The Morgan fingerprint density at radius 3 is 2.33 bits per heavy atom. The molecule has 2 heteroatoms. The van der Waals surface area contributed by atoms with Gasteiger partial charge in [-0.15, -0.1) is 0 Å². The lowest BCUT2D eigenvalue weighted by atomic mass is 9.82. The number of hydrogen-bond donors (Lipinski definition) is 2. The van der Waals surface area contributed by atoms with E-state index < -0.39 is 0 Å². The van der Waals surface area contributed by atoms with Gasteiger partial charge >= 0.3 is 0 Å². The second-order valence-electron chi connectivity index (χ2n) is 6.19. The molecule has 2 nitrogen and oxygen atoms in total. The Bertz CT molecular complexity index is 352. The van der Waals surface area contributed by atoms with E-state index >= 15 is 0 Å². The quantitative estimate of drug-likeness (QED) is 0.760. The zero-order valence-electron chi connectivity index (χ0n) is 12.3. The predicted octanol–water partition coefficient (Wildman–Crippen LogP) is 2.96. The Balaban J connectivity index is 2.34. The van der Waals surface area contributed by atoms with Gasteiger partial charge in [-0.25, -0.2) is 0 Å². The molecule has 0 radical (unpaired) electrons. The van der Waals surface area contributed by atoms with Crippen molar-refractivity contribution in [2.75, 3.05) is 13.1 Å². The van der Waals surface area contributed by atoms with Crippen LogP contribution in [0.2, 0.25) is 0 Å². The summed E-state index contributed by atoms with van der Waals surface area (Å²) >= 11 is 0. The van der Waals surface area contributed by atoms with Crippen molar-refractivity contribution in [1.82, 2.24) is 5.32 Å². The summed E-state index contributed by atoms with van der Waals surface area (Å²) in [7, 11) is 0. The van der Waals surface area contributed by atoms with Crippen molar-refractivity contribution in [2.45, 2.75) is 40.7 Å².